The van der Waals surface area contributed by atoms with Crippen LogP contribution >= 0.6 is 0 Å². The quantitative estimate of drug-likeness (QED) is 0.886. The largest absolute Gasteiger partial charge is 0.497 e. The number of nitrogens with two attached hydrogens (primary N) is 1. The molecular weight excluding hydrogens is 295 g/mol. The Morgan fingerprint density at radius 2 is 1.86 bits per heavy atom. The van der Waals surface area contributed by atoms with Crippen LogP contribution < -0.4 is 15.2 Å². The summed E-state index contributed by atoms with van der Waals surface area (Å²) in [6.45, 7) is -0.203. The molecule has 0 aromatic heterocycles. The Labute approximate surface area is 122 Å². The van der Waals surface area contributed by atoms with Crippen LogP contribution in [-0.2, 0) is 16.6 Å². The number of rotatable bonds is 5. The molecule has 2 aromatic carbocycles. The zero-order valence-corrected chi connectivity index (χ0v) is 12.2. The Bertz CT molecular complexity index is 730. The van der Waals surface area contributed by atoms with Crippen molar-refractivity contribution in [3.63, 3.8) is 0 Å². The highest BCUT2D eigenvalue weighted by atomic mass is 32.2. The van der Waals surface area contributed by atoms with E-state index in [4.69, 9.17) is 10.5 Å². The fourth-order valence-corrected chi connectivity index (χ4v) is 3.18. The molecule has 0 saturated heterocycles. The van der Waals surface area contributed by atoms with Crippen molar-refractivity contribution < 1.29 is 17.5 Å². The number of nitrogens with one attached hydrogen (secondary N) is 1. The summed E-state index contributed by atoms with van der Waals surface area (Å²) in [6.07, 6.45) is 0. The number of sulfonamides is 1. The standard InChI is InChI=1S/C14H15FN2O3S/c1-20-11-7-5-10(6-8-11)17-21(18,19)14-4-2-3-13(15)12(14)9-16/h2-8,17H,9,16H2,1H3. The molecule has 7 heteroatoms. The van der Waals surface area contributed by atoms with E-state index in [9.17, 15) is 12.8 Å². The smallest absolute Gasteiger partial charge is 0.262 e. The van der Waals surface area contributed by atoms with Gasteiger partial charge in [0.15, 0.2) is 0 Å². The molecule has 0 spiro atoms. The van der Waals surface area contributed by atoms with E-state index < -0.39 is 15.8 Å². The van der Waals surface area contributed by atoms with Crippen LogP contribution in [0.15, 0.2) is 47.4 Å². The van der Waals surface area contributed by atoms with Crippen LogP contribution in [0.5, 0.6) is 5.75 Å². The van der Waals surface area contributed by atoms with Gasteiger partial charge in [0.25, 0.3) is 10.0 Å². The van der Waals surface area contributed by atoms with Gasteiger partial charge in [-0.05, 0) is 36.4 Å². The van der Waals surface area contributed by atoms with E-state index in [0.29, 0.717) is 11.4 Å². The topological polar surface area (TPSA) is 81.4 Å². The summed E-state index contributed by atoms with van der Waals surface area (Å²) in [5.74, 6) is -0.0403. The molecule has 0 saturated carbocycles. The van der Waals surface area contributed by atoms with Gasteiger partial charge in [-0.2, -0.15) is 0 Å². The highest BCUT2D eigenvalue weighted by Crippen LogP contribution is 2.23. The number of ether oxygens (including phenoxy) is 1. The highest BCUT2D eigenvalue weighted by molar-refractivity contribution is 7.92. The molecule has 3 N–H and O–H groups in total. The molecule has 0 aliphatic carbocycles. The van der Waals surface area contributed by atoms with Gasteiger partial charge in [0.05, 0.1) is 12.0 Å². The minimum atomic E-state index is -3.91. The normalized spacial score (nSPS) is 11.2. The van der Waals surface area contributed by atoms with Crippen LogP contribution in [0.3, 0.4) is 0 Å². The fourth-order valence-electron chi connectivity index (χ4n) is 1.86. The monoisotopic (exact) mass is 310 g/mol. The van der Waals surface area contributed by atoms with Crippen LogP contribution in [0.25, 0.3) is 0 Å². The zero-order chi connectivity index (χ0) is 15.5. The van der Waals surface area contributed by atoms with Crippen LogP contribution in [0, 0.1) is 5.82 Å². The highest BCUT2D eigenvalue weighted by Gasteiger charge is 2.20. The first-order chi connectivity index (χ1) is 9.97. The van der Waals surface area contributed by atoms with Gasteiger partial charge in [-0.3, -0.25) is 4.72 Å². The molecule has 0 amide bonds. The molecule has 21 heavy (non-hydrogen) atoms. The summed E-state index contributed by atoms with van der Waals surface area (Å²) < 4.78 is 45.7. The maximum absolute atomic E-state index is 13.6. The van der Waals surface area contributed by atoms with Crippen LogP contribution in [0.2, 0.25) is 0 Å². The van der Waals surface area contributed by atoms with Gasteiger partial charge in [-0.1, -0.05) is 6.07 Å². The lowest BCUT2D eigenvalue weighted by Crippen LogP contribution is -2.17. The lowest BCUT2D eigenvalue weighted by atomic mass is 10.2. The number of benzene rings is 2. The van der Waals surface area contributed by atoms with Gasteiger partial charge in [0.1, 0.15) is 11.6 Å². The van der Waals surface area contributed by atoms with E-state index in [2.05, 4.69) is 4.72 Å². The Morgan fingerprint density at radius 1 is 1.19 bits per heavy atom. The first-order valence-corrected chi connectivity index (χ1v) is 7.60. The minimum Gasteiger partial charge on any atom is -0.497 e. The molecule has 0 bridgehead atoms. The Morgan fingerprint density at radius 3 is 2.43 bits per heavy atom. The average Bonchev–Trinajstić information content (AvgIpc) is 2.47. The maximum atomic E-state index is 13.6. The van der Waals surface area contributed by atoms with Gasteiger partial charge in [-0.25, -0.2) is 12.8 Å². The van der Waals surface area contributed by atoms with E-state index in [1.807, 2.05) is 0 Å². The Balaban J connectivity index is 2.36. The van der Waals surface area contributed by atoms with Gasteiger partial charge >= 0.3 is 0 Å². The maximum Gasteiger partial charge on any atom is 0.262 e. The molecule has 0 heterocycles. The van der Waals surface area contributed by atoms with E-state index in [0.717, 1.165) is 0 Å². The van der Waals surface area contributed by atoms with Gasteiger partial charge in [-0.15, -0.1) is 0 Å². The van der Waals surface area contributed by atoms with Crippen molar-refractivity contribution in [1.82, 2.24) is 0 Å². The molecular formula is C14H15FN2O3S. The summed E-state index contributed by atoms with van der Waals surface area (Å²) in [5, 5.41) is 0. The third-order valence-corrected chi connectivity index (χ3v) is 4.38. The molecule has 5 nitrogen and oxygen atoms in total. The number of anilines is 1. The van der Waals surface area contributed by atoms with E-state index in [-0.39, 0.29) is 17.0 Å². The molecule has 112 valence electrons. The summed E-state index contributed by atoms with van der Waals surface area (Å²) in [7, 11) is -2.40. The van der Waals surface area contributed by atoms with Crippen molar-refractivity contribution in [2.45, 2.75) is 11.4 Å². The minimum absolute atomic E-state index is 0.0430. The number of halogens is 1. The predicted octanol–water partition coefficient (Wildman–Crippen LogP) is 2.09. The fraction of sp³-hybridized carbons (Fsp3) is 0.143. The summed E-state index contributed by atoms with van der Waals surface area (Å²) in [6, 6.07) is 10.2. The van der Waals surface area contributed by atoms with Crippen LogP contribution in [0.4, 0.5) is 10.1 Å². The Hall–Kier alpha value is -2.12. The molecule has 0 aliphatic rings. The molecule has 0 unspecified atom stereocenters. The van der Waals surface area contributed by atoms with Crippen molar-refractivity contribution in [2.75, 3.05) is 11.8 Å². The molecule has 0 aliphatic heterocycles. The van der Waals surface area contributed by atoms with E-state index >= 15 is 0 Å². The van der Waals surface area contributed by atoms with Crippen molar-refractivity contribution in [1.29, 1.82) is 0 Å². The lowest BCUT2D eigenvalue weighted by molar-refractivity contribution is 0.415. The van der Waals surface area contributed by atoms with Crippen molar-refractivity contribution in [2.24, 2.45) is 5.73 Å². The summed E-state index contributed by atoms with van der Waals surface area (Å²) in [5.41, 5.74) is 5.74. The summed E-state index contributed by atoms with van der Waals surface area (Å²) in [4.78, 5) is -0.166. The van der Waals surface area contributed by atoms with Crippen LogP contribution in [-0.4, -0.2) is 15.5 Å². The van der Waals surface area contributed by atoms with Crippen LogP contribution in [0.1, 0.15) is 5.56 Å². The molecule has 0 fully saturated rings. The zero-order valence-electron chi connectivity index (χ0n) is 11.3. The molecule has 0 radical (unpaired) electrons. The number of hydrogen-bond acceptors (Lipinski definition) is 4. The van der Waals surface area contributed by atoms with E-state index in [1.165, 1.54) is 25.3 Å². The lowest BCUT2D eigenvalue weighted by Gasteiger charge is -2.12. The third kappa shape index (κ3) is 3.32. The predicted molar refractivity (Wildman–Crippen MR) is 78.1 cm³/mol. The van der Waals surface area contributed by atoms with Gasteiger partial charge in [0.2, 0.25) is 0 Å². The van der Waals surface area contributed by atoms with Crippen molar-refractivity contribution in [3.05, 3.63) is 53.8 Å². The molecule has 2 aromatic rings. The second kappa shape index (κ2) is 6.11. The first kappa shape index (κ1) is 15.3. The van der Waals surface area contributed by atoms with Crippen molar-refractivity contribution >= 4 is 15.7 Å². The second-order valence-corrected chi connectivity index (χ2v) is 5.91. The Kier molecular flexibility index (Phi) is 4.44. The average molecular weight is 310 g/mol. The molecule has 2 rings (SSSR count). The number of methoxy groups -OCH3 is 1. The van der Waals surface area contributed by atoms with Gasteiger partial charge in [0, 0.05) is 17.8 Å². The summed E-state index contributed by atoms with van der Waals surface area (Å²) >= 11 is 0. The molecule has 0 atom stereocenters. The number of hydrogen-bond donors (Lipinski definition) is 2. The third-order valence-electron chi connectivity index (χ3n) is 2.91. The van der Waals surface area contributed by atoms with Gasteiger partial charge < -0.3 is 10.5 Å². The SMILES string of the molecule is COc1ccc(NS(=O)(=O)c2cccc(F)c2CN)cc1. The first-order valence-electron chi connectivity index (χ1n) is 6.12. The van der Waals surface area contributed by atoms with E-state index in [1.54, 1.807) is 24.3 Å². The van der Waals surface area contributed by atoms with Crippen molar-refractivity contribution in [3.8, 4) is 5.75 Å². The second-order valence-electron chi connectivity index (χ2n) is 4.25.